The lowest BCUT2D eigenvalue weighted by Gasteiger charge is -2.16. The minimum atomic E-state index is -4.85. The van der Waals surface area contributed by atoms with E-state index in [0.717, 1.165) is 31.2 Å². The maximum Gasteiger partial charge on any atom is 0.433 e. The summed E-state index contributed by atoms with van der Waals surface area (Å²) < 4.78 is 79.8. The van der Waals surface area contributed by atoms with Crippen molar-refractivity contribution in [2.24, 2.45) is 0 Å². The number of halogens is 6. The summed E-state index contributed by atoms with van der Waals surface area (Å²) in [6, 6.07) is 3.37. The number of aromatic nitrogens is 4. The first-order valence-electron chi connectivity index (χ1n) is 9.48. The van der Waals surface area contributed by atoms with E-state index >= 15 is 0 Å². The molecule has 0 unspecified atom stereocenters. The molecule has 1 amide bonds. The highest BCUT2D eigenvalue weighted by Gasteiger charge is 2.37. The van der Waals surface area contributed by atoms with Crippen LogP contribution in [0.15, 0.2) is 35.3 Å². The first-order chi connectivity index (χ1) is 15.0. The number of carbonyl (C=O) groups excluding carboxylic acids is 1. The lowest BCUT2D eigenvalue weighted by atomic mass is 10.2. The molecule has 0 radical (unpaired) electrons. The third-order valence-corrected chi connectivity index (χ3v) is 5.09. The van der Waals surface area contributed by atoms with Crippen LogP contribution in [-0.4, -0.2) is 43.1 Å². The summed E-state index contributed by atoms with van der Waals surface area (Å²) in [5, 5.41) is 3.74. The predicted molar refractivity (Wildman–Crippen MR) is 97.9 cm³/mol. The Morgan fingerprint density at radius 1 is 0.969 bits per heavy atom. The van der Waals surface area contributed by atoms with Crippen molar-refractivity contribution in [2.75, 3.05) is 13.1 Å². The molecule has 1 aliphatic heterocycles. The van der Waals surface area contributed by atoms with Gasteiger partial charge >= 0.3 is 18.0 Å². The molecule has 0 spiro atoms. The molecule has 4 heterocycles. The average molecular weight is 459 g/mol. The van der Waals surface area contributed by atoms with Gasteiger partial charge in [0.15, 0.2) is 5.65 Å². The lowest BCUT2D eigenvalue weighted by Crippen LogP contribution is -2.32. The Morgan fingerprint density at radius 2 is 1.66 bits per heavy atom. The van der Waals surface area contributed by atoms with Crippen molar-refractivity contribution >= 4 is 11.6 Å². The summed E-state index contributed by atoms with van der Waals surface area (Å²) in [4.78, 5) is 30.4. The van der Waals surface area contributed by atoms with Crippen molar-refractivity contribution in [3.63, 3.8) is 0 Å². The molecular formula is C19H15F6N5O2. The topological polar surface area (TPSA) is 72.5 Å². The van der Waals surface area contributed by atoms with Gasteiger partial charge in [-0.2, -0.15) is 26.3 Å². The molecule has 32 heavy (non-hydrogen) atoms. The number of amides is 1. The summed E-state index contributed by atoms with van der Waals surface area (Å²) in [5.74, 6) is -0.598. The summed E-state index contributed by atoms with van der Waals surface area (Å²) in [5.41, 5.74) is -4.29. The van der Waals surface area contributed by atoms with Gasteiger partial charge in [0, 0.05) is 19.3 Å². The van der Waals surface area contributed by atoms with Crippen LogP contribution in [0.2, 0.25) is 0 Å². The monoisotopic (exact) mass is 459 g/mol. The number of hydrogen-bond acceptors (Lipinski definition) is 4. The highest BCUT2D eigenvalue weighted by Crippen LogP contribution is 2.32. The largest absolute Gasteiger partial charge is 0.433 e. The van der Waals surface area contributed by atoms with Crippen LogP contribution in [-0.2, 0) is 18.9 Å². The van der Waals surface area contributed by atoms with E-state index in [4.69, 9.17) is 0 Å². The van der Waals surface area contributed by atoms with Crippen LogP contribution in [0.1, 0.15) is 40.2 Å². The number of pyridine rings is 2. The molecule has 13 heteroatoms. The zero-order valence-corrected chi connectivity index (χ0v) is 16.2. The van der Waals surface area contributed by atoms with Gasteiger partial charge in [-0.1, -0.05) is 6.07 Å². The van der Waals surface area contributed by atoms with E-state index in [1.807, 2.05) is 0 Å². The summed E-state index contributed by atoms with van der Waals surface area (Å²) in [7, 11) is 0. The Kier molecular flexibility index (Phi) is 5.21. The molecule has 7 nitrogen and oxygen atoms in total. The highest BCUT2D eigenvalue weighted by atomic mass is 19.4. The van der Waals surface area contributed by atoms with Gasteiger partial charge in [-0.05, 0) is 36.6 Å². The predicted octanol–water partition coefficient (Wildman–Crippen LogP) is 3.21. The molecule has 0 aliphatic carbocycles. The molecule has 1 saturated heterocycles. The second-order valence-electron chi connectivity index (χ2n) is 7.28. The molecule has 0 aromatic carbocycles. The van der Waals surface area contributed by atoms with Gasteiger partial charge in [-0.15, -0.1) is 5.10 Å². The second-order valence-corrected chi connectivity index (χ2v) is 7.28. The third kappa shape index (κ3) is 3.94. The van der Waals surface area contributed by atoms with Gasteiger partial charge in [0.2, 0.25) is 0 Å². The minimum Gasteiger partial charge on any atom is -0.337 e. The van der Waals surface area contributed by atoms with Gasteiger partial charge in [0.05, 0.1) is 6.54 Å². The SMILES string of the molecule is O=C(c1ccc(C(F)(F)F)c2nn(Cc3ccc(C(F)(F)F)nc3)c(=O)n12)N1CCCC1. The number of alkyl halides is 6. The normalized spacial score (nSPS) is 15.0. The van der Waals surface area contributed by atoms with Crippen LogP contribution in [0.4, 0.5) is 26.3 Å². The number of rotatable bonds is 3. The fourth-order valence-electron chi connectivity index (χ4n) is 3.54. The van der Waals surface area contributed by atoms with Crippen LogP contribution < -0.4 is 5.69 Å². The van der Waals surface area contributed by atoms with Crippen molar-refractivity contribution < 1.29 is 31.1 Å². The first-order valence-corrected chi connectivity index (χ1v) is 9.48. The van der Waals surface area contributed by atoms with E-state index in [0.29, 0.717) is 34.3 Å². The second kappa shape index (κ2) is 7.64. The van der Waals surface area contributed by atoms with Crippen molar-refractivity contribution in [3.05, 3.63) is 63.5 Å². The maximum absolute atomic E-state index is 13.5. The molecule has 0 atom stereocenters. The smallest absolute Gasteiger partial charge is 0.337 e. The molecule has 170 valence electrons. The van der Waals surface area contributed by atoms with Crippen molar-refractivity contribution in [2.45, 2.75) is 31.7 Å². The van der Waals surface area contributed by atoms with E-state index in [1.54, 1.807) is 0 Å². The minimum absolute atomic E-state index is 0.115. The average Bonchev–Trinajstić information content (AvgIpc) is 3.35. The van der Waals surface area contributed by atoms with Crippen LogP contribution >= 0.6 is 0 Å². The van der Waals surface area contributed by atoms with E-state index in [-0.39, 0.29) is 11.3 Å². The molecular weight excluding hydrogens is 444 g/mol. The van der Waals surface area contributed by atoms with Gasteiger partial charge in [-0.3, -0.25) is 9.78 Å². The van der Waals surface area contributed by atoms with Crippen LogP contribution in [0.3, 0.4) is 0 Å². The number of hydrogen-bond donors (Lipinski definition) is 0. The van der Waals surface area contributed by atoms with Gasteiger partial charge in [0.1, 0.15) is 17.0 Å². The molecule has 4 rings (SSSR count). The Morgan fingerprint density at radius 3 is 2.22 bits per heavy atom. The Hall–Kier alpha value is -3.38. The standard InChI is InChI=1S/C19H15F6N5O2/c20-18(21,22)12-4-5-13(16(31)28-7-1-2-8-28)30-15(12)27-29(17(30)32)10-11-3-6-14(26-9-11)19(23,24)25/h3-6,9H,1-2,7-8,10H2. The summed E-state index contributed by atoms with van der Waals surface area (Å²) in [6.45, 7) is 0.406. The number of carbonyl (C=O) groups is 1. The fourth-order valence-corrected chi connectivity index (χ4v) is 3.54. The van der Waals surface area contributed by atoms with E-state index in [9.17, 15) is 35.9 Å². The number of nitrogens with zero attached hydrogens (tertiary/aromatic N) is 5. The molecule has 1 aliphatic rings. The molecule has 0 N–H and O–H groups in total. The van der Waals surface area contributed by atoms with Gasteiger partial charge < -0.3 is 4.90 Å². The fraction of sp³-hybridized carbons (Fsp3) is 0.368. The van der Waals surface area contributed by atoms with Crippen molar-refractivity contribution in [1.82, 2.24) is 24.1 Å². The zero-order valence-electron chi connectivity index (χ0n) is 16.2. The number of likely N-dealkylation sites (tertiary alicyclic amines) is 1. The summed E-state index contributed by atoms with van der Waals surface area (Å²) in [6.07, 6.45) is -7.16. The first kappa shape index (κ1) is 21.8. The van der Waals surface area contributed by atoms with Gasteiger partial charge in [-0.25, -0.2) is 13.9 Å². The quantitative estimate of drug-likeness (QED) is 0.564. The van der Waals surface area contributed by atoms with E-state index in [2.05, 4.69) is 10.1 Å². The molecule has 3 aromatic heterocycles. The molecule has 0 saturated carbocycles. The Balaban J connectivity index is 1.80. The van der Waals surface area contributed by atoms with Crippen LogP contribution in [0, 0.1) is 0 Å². The zero-order chi connectivity index (χ0) is 23.3. The molecule has 3 aromatic rings. The van der Waals surface area contributed by atoms with Crippen molar-refractivity contribution in [1.29, 1.82) is 0 Å². The Bertz CT molecular complexity index is 1220. The van der Waals surface area contributed by atoms with E-state index in [1.165, 1.54) is 4.90 Å². The third-order valence-electron chi connectivity index (χ3n) is 5.09. The van der Waals surface area contributed by atoms with Crippen LogP contribution in [0.5, 0.6) is 0 Å². The maximum atomic E-state index is 13.5. The Labute approximate surface area is 175 Å². The van der Waals surface area contributed by atoms with E-state index < -0.39 is 47.4 Å². The highest BCUT2D eigenvalue weighted by molar-refractivity contribution is 5.93. The summed E-state index contributed by atoms with van der Waals surface area (Å²) >= 11 is 0. The lowest BCUT2D eigenvalue weighted by molar-refractivity contribution is -0.141. The molecule has 0 bridgehead atoms. The van der Waals surface area contributed by atoms with Crippen LogP contribution in [0.25, 0.3) is 5.65 Å². The molecule has 1 fully saturated rings. The number of fused-ring (bicyclic) bond motifs is 1. The van der Waals surface area contributed by atoms with Crippen molar-refractivity contribution in [3.8, 4) is 0 Å². The van der Waals surface area contributed by atoms with Gasteiger partial charge in [0.25, 0.3) is 5.91 Å².